The average molecular weight is 282 g/mol. The van der Waals surface area contributed by atoms with Crippen molar-refractivity contribution in [3.05, 3.63) is 0 Å². The zero-order valence-corrected chi connectivity index (χ0v) is 11.2. The summed E-state index contributed by atoms with van der Waals surface area (Å²) in [4.78, 5) is 22.4. The largest absolute Gasteiger partial charge is 0.480 e. The van der Waals surface area contributed by atoms with Crippen LogP contribution in [0.5, 0.6) is 0 Å². The Balaban J connectivity index is 3.99. The molecule has 0 rings (SSSR count). The van der Waals surface area contributed by atoms with Gasteiger partial charge >= 0.3 is 12.0 Å². The van der Waals surface area contributed by atoms with Gasteiger partial charge in [0.2, 0.25) is 0 Å². The van der Waals surface area contributed by atoms with Crippen LogP contribution in [0, 0.1) is 5.41 Å². The Bertz CT molecular complexity index is 306. The molecule has 0 aliphatic carbocycles. The minimum Gasteiger partial charge on any atom is -0.480 e. The van der Waals surface area contributed by atoms with Gasteiger partial charge in [0.05, 0.1) is 6.61 Å². The minimum absolute atomic E-state index is 0.0229. The number of hydrogen-bond donors (Lipinski definition) is 3. The molecule has 19 heavy (non-hydrogen) atoms. The standard InChI is InChI=1S/C11H20F2N2O4/c1-11(2,3)8(9(16)17)15-10(18)14-4-5-19-6-7(12)13/h7-8H,4-6H2,1-3H3,(H,16,17)(H2,14,15,18). The first-order chi connectivity index (χ1) is 8.64. The molecule has 8 heteroatoms. The number of nitrogens with one attached hydrogen (secondary N) is 2. The lowest BCUT2D eigenvalue weighted by molar-refractivity contribution is -0.141. The van der Waals surface area contributed by atoms with E-state index >= 15 is 0 Å². The number of amides is 2. The van der Waals surface area contributed by atoms with Crippen molar-refractivity contribution >= 4 is 12.0 Å². The Kier molecular flexibility index (Phi) is 7.28. The van der Waals surface area contributed by atoms with Gasteiger partial charge in [0.15, 0.2) is 0 Å². The molecule has 0 aromatic heterocycles. The fourth-order valence-corrected chi connectivity index (χ4v) is 1.24. The molecule has 0 aromatic carbocycles. The van der Waals surface area contributed by atoms with Gasteiger partial charge in [-0.05, 0) is 5.41 Å². The van der Waals surface area contributed by atoms with Crippen LogP contribution in [-0.2, 0) is 9.53 Å². The summed E-state index contributed by atoms with van der Waals surface area (Å²) in [5.41, 5.74) is -0.644. The molecule has 0 radical (unpaired) electrons. The number of halogens is 2. The molecular weight excluding hydrogens is 262 g/mol. The first-order valence-corrected chi connectivity index (χ1v) is 5.77. The van der Waals surface area contributed by atoms with Crippen LogP contribution < -0.4 is 10.6 Å². The van der Waals surface area contributed by atoms with Gasteiger partial charge in [-0.1, -0.05) is 20.8 Å². The van der Waals surface area contributed by atoms with E-state index in [0.717, 1.165) is 0 Å². The zero-order valence-electron chi connectivity index (χ0n) is 11.2. The molecule has 1 atom stereocenters. The molecule has 6 nitrogen and oxygen atoms in total. The summed E-state index contributed by atoms with van der Waals surface area (Å²) in [6, 6.07) is -1.72. The van der Waals surface area contributed by atoms with Crippen molar-refractivity contribution in [2.75, 3.05) is 19.8 Å². The number of urea groups is 1. The lowest BCUT2D eigenvalue weighted by Crippen LogP contribution is -2.52. The third kappa shape index (κ3) is 8.30. The van der Waals surface area contributed by atoms with Crippen LogP contribution in [0.1, 0.15) is 20.8 Å². The van der Waals surface area contributed by atoms with Gasteiger partial charge < -0.3 is 20.5 Å². The molecule has 0 aliphatic rings. The van der Waals surface area contributed by atoms with E-state index < -0.39 is 36.5 Å². The van der Waals surface area contributed by atoms with Crippen LogP contribution in [0.2, 0.25) is 0 Å². The highest BCUT2D eigenvalue weighted by Gasteiger charge is 2.32. The first kappa shape index (κ1) is 17.6. The lowest BCUT2D eigenvalue weighted by atomic mass is 9.87. The van der Waals surface area contributed by atoms with Crippen LogP contribution >= 0.6 is 0 Å². The number of rotatable bonds is 7. The molecule has 0 heterocycles. The van der Waals surface area contributed by atoms with Crippen molar-refractivity contribution in [3.63, 3.8) is 0 Å². The highest BCUT2D eigenvalue weighted by Crippen LogP contribution is 2.19. The number of carboxylic acids is 1. The summed E-state index contributed by atoms with van der Waals surface area (Å²) < 4.78 is 28.0. The summed E-state index contributed by atoms with van der Waals surface area (Å²) in [5.74, 6) is -1.14. The zero-order chi connectivity index (χ0) is 15.1. The molecule has 0 spiro atoms. The second kappa shape index (κ2) is 7.88. The molecule has 2 amide bonds. The Morgan fingerprint density at radius 3 is 2.32 bits per heavy atom. The summed E-state index contributed by atoms with van der Waals surface area (Å²) in [5, 5.41) is 13.6. The maximum atomic E-state index is 11.7. The fourth-order valence-electron chi connectivity index (χ4n) is 1.24. The maximum Gasteiger partial charge on any atom is 0.326 e. The number of ether oxygens (including phenoxy) is 1. The van der Waals surface area contributed by atoms with Gasteiger partial charge in [-0.3, -0.25) is 0 Å². The summed E-state index contributed by atoms with van der Waals surface area (Å²) >= 11 is 0. The van der Waals surface area contributed by atoms with E-state index in [9.17, 15) is 18.4 Å². The summed E-state index contributed by atoms with van der Waals surface area (Å²) in [6.07, 6.45) is -2.55. The third-order valence-electron chi connectivity index (χ3n) is 2.16. The molecule has 0 fully saturated rings. The normalized spacial score (nSPS) is 13.2. The quantitative estimate of drug-likeness (QED) is 0.609. The van der Waals surface area contributed by atoms with Crippen molar-refractivity contribution in [1.82, 2.24) is 10.6 Å². The molecular formula is C11H20F2N2O4. The van der Waals surface area contributed by atoms with Crippen molar-refractivity contribution < 1.29 is 28.2 Å². The monoisotopic (exact) mass is 282 g/mol. The van der Waals surface area contributed by atoms with E-state index in [1.807, 2.05) is 0 Å². The first-order valence-electron chi connectivity index (χ1n) is 5.77. The second-order valence-corrected chi connectivity index (χ2v) is 5.00. The van der Waals surface area contributed by atoms with Crippen LogP contribution in [0.15, 0.2) is 0 Å². The topological polar surface area (TPSA) is 87.7 Å². The van der Waals surface area contributed by atoms with E-state index in [4.69, 9.17) is 5.11 Å². The Labute approximate surface area is 110 Å². The number of carboxylic acid groups (broad SMARTS) is 1. The maximum absolute atomic E-state index is 11.7. The van der Waals surface area contributed by atoms with E-state index in [0.29, 0.717) is 0 Å². The smallest absolute Gasteiger partial charge is 0.326 e. The van der Waals surface area contributed by atoms with Crippen molar-refractivity contribution in [2.45, 2.75) is 33.2 Å². The average Bonchev–Trinajstić information content (AvgIpc) is 2.23. The van der Waals surface area contributed by atoms with Crippen LogP contribution in [-0.4, -0.2) is 49.3 Å². The molecule has 0 bridgehead atoms. The van der Waals surface area contributed by atoms with Crippen LogP contribution in [0.3, 0.4) is 0 Å². The van der Waals surface area contributed by atoms with Gasteiger partial charge in [-0.15, -0.1) is 0 Å². The minimum atomic E-state index is -2.55. The molecule has 0 aromatic rings. The number of alkyl halides is 2. The number of aliphatic carboxylic acids is 1. The highest BCUT2D eigenvalue weighted by atomic mass is 19.3. The van der Waals surface area contributed by atoms with Gasteiger partial charge in [0.1, 0.15) is 12.6 Å². The van der Waals surface area contributed by atoms with Crippen LogP contribution in [0.4, 0.5) is 13.6 Å². The molecule has 0 saturated carbocycles. The van der Waals surface area contributed by atoms with Crippen molar-refractivity contribution in [1.29, 1.82) is 0 Å². The molecule has 112 valence electrons. The highest BCUT2D eigenvalue weighted by molar-refractivity contribution is 5.83. The number of hydrogen-bond acceptors (Lipinski definition) is 3. The molecule has 3 N–H and O–H groups in total. The fraction of sp³-hybridized carbons (Fsp3) is 0.818. The molecule has 1 unspecified atom stereocenters. The number of carbonyl (C=O) groups excluding carboxylic acids is 1. The predicted octanol–water partition coefficient (Wildman–Crippen LogP) is 1.07. The van der Waals surface area contributed by atoms with E-state index in [-0.39, 0.29) is 13.2 Å². The number of carbonyl (C=O) groups is 2. The van der Waals surface area contributed by atoms with Gasteiger partial charge in [-0.25, -0.2) is 18.4 Å². The second-order valence-electron chi connectivity index (χ2n) is 5.00. The Morgan fingerprint density at radius 1 is 1.32 bits per heavy atom. The van der Waals surface area contributed by atoms with Gasteiger partial charge in [-0.2, -0.15) is 0 Å². The molecule has 0 saturated heterocycles. The van der Waals surface area contributed by atoms with E-state index in [2.05, 4.69) is 15.4 Å². The SMILES string of the molecule is CC(C)(C)C(NC(=O)NCCOCC(F)F)C(=O)O. The summed E-state index contributed by atoms with van der Waals surface area (Å²) in [7, 11) is 0. The van der Waals surface area contributed by atoms with E-state index in [1.54, 1.807) is 20.8 Å². The van der Waals surface area contributed by atoms with E-state index in [1.165, 1.54) is 0 Å². The lowest BCUT2D eigenvalue weighted by Gasteiger charge is -2.27. The van der Waals surface area contributed by atoms with Crippen molar-refractivity contribution in [3.8, 4) is 0 Å². The summed E-state index contributed by atoms with van der Waals surface area (Å²) in [6.45, 7) is 4.30. The third-order valence-corrected chi connectivity index (χ3v) is 2.16. The van der Waals surface area contributed by atoms with Crippen molar-refractivity contribution in [2.24, 2.45) is 5.41 Å². The van der Waals surface area contributed by atoms with Gasteiger partial charge in [0.25, 0.3) is 6.43 Å². The Morgan fingerprint density at radius 2 is 1.89 bits per heavy atom. The Hall–Kier alpha value is -1.44. The molecule has 0 aliphatic heterocycles. The predicted molar refractivity (Wildman–Crippen MR) is 64.2 cm³/mol. The van der Waals surface area contributed by atoms with Gasteiger partial charge in [0, 0.05) is 6.54 Å². The van der Waals surface area contributed by atoms with Crippen LogP contribution in [0.25, 0.3) is 0 Å².